The van der Waals surface area contributed by atoms with Gasteiger partial charge in [-0.3, -0.25) is 0 Å². The summed E-state index contributed by atoms with van der Waals surface area (Å²) in [5.74, 6) is 1.04. The van der Waals surface area contributed by atoms with Gasteiger partial charge < -0.3 is 15.2 Å². The smallest absolute Gasteiger partial charge is 0.122 e. The molecule has 1 saturated heterocycles. The summed E-state index contributed by atoms with van der Waals surface area (Å²) in [6.45, 7) is 8.09. The minimum absolute atomic E-state index is 0.322. The van der Waals surface area contributed by atoms with Gasteiger partial charge in [0.25, 0.3) is 0 Å². The van der Waals surface area contributed by atoms with E-state index in [1.165, 1.54) is 38.9 Å². The Hall–Kier alpha value is -0.870. The van der Waals surface area contributed by atoms with Crippen molar-refractivity contribution >= 4 is 0 Å². The van der Waals surface area contributed by atoms with Crippen LogP contribution in [-0.2, 0) is 0 Å². The highest BCUT2D eigenvalue weighted by Gasteiger charge is 2.18. The van der Waals surface area contributed by atoms with Crippen LogP contribution in [0.3, 0.4) is 0 Å². The molecule has 0 aromatic carbocycles. The van der Waals surface area contributed by atoms with Crippen LogP contribution in [0.1, 0.15) is 45.0 Å². The van der Waals surface area contributed by atoms with Crippen LogP contribution in [0.25, 0.3) is 0 Å². The van der Waals surface area contributed by atoms with Crippen molar-refractivity contribution in [2.75, 3.05) is 19.6 Å². The third-order valence-corrected chi connectivity index (χ3v) is 3.68. The monoisotopic (exact) mass is 236 g/mol. The summed E-state index contributed by atoms with van der Waals surface area (Å²) in [5, 5.41) is 3.69. The lowest BCUT2D eigenvalue weighted by molar-refractivity contribution is 0.295. The predicted molar refractivity (Wildman–Crippen MR) is 69.9 cm³/mol. The first-order chi connectivity index (χ1) is 8.29. The molecule has 4 nitrogen and oxygen atoms in total. The normalized spacial score (nSPS) is 24.5. The van der Waals surface area contributed by atoms with Crippen LogP contribution < -0.4 is 5.32 Å². The molecular formula is C13H24N4. The zero-order valence-corrected chi connectivity index (χ0v) is 10.9. The molecule has 0 bridgehead atoms. The number of nitrogens with one attached hydrogen (secondary N) is 2. The second-order valence-electron chi connectivity index (χ2n) is 4.92. The molecule has 0 spiro atoms. The van der Waals surface area contributed by atoms with Crippen molar-refractivity contribution in [1.29, 1.82) is 0 Å². The second kappa shape index (κ2) is 6.17. The van der Waals surface area contributed by atoms with Gasteiger partial charge in [0.15, 0.2) is 0 Å². The zero-order valence-electron chi connectivity index (χ0n) is 10.9. The Balaban J connectivity index is 1.82. The van der Waals surface area contributed by atoms with Gasteiger partial charge >= 0.3 is 0 Å². The maximum Gasteiger partial charge on any atom is 0.122 e. The topological polar surface area (TPSA) is 44.0 Å². The van der Waals surface area contributed by atoms with Gasteiger partial charge in [0.05, 0.1) is 6.04 Å². The lowest BCUT2D eigenvalue weighted by atomic mass is 10.1. The van der Waals surface area contributed by atoms with Crippen molar-refractivity contribution in [1.82, 2.24) is 20.2 Å². The number of nitrogens with zero attached hydrogens (tertiary/aromatic N) is 2. The zero-order chi connectivity index (χ0) is 12.1. The van der Waals surface area contributed by atoms with Gasteiger partial charge in [0, 0.05) is 18.4 Å². The van der Waals surface area contributed by atoms with E-state index in [1.807, 2.05) is 12.4 Å². The summed E-state index contributed by atoms with van der Waals surface area (Å²) < 4.78 is 0. The second-order valence-corrected chi connectivity index (χ2v) is 4.92. The van der Waals surface area contributed by atoms with Crippen LogP contribution >= 0.6 is 0 Å². The molecule has 4 heteroatoms. The van der Waals surface area contributed by atoms with E-state index in [1.54, 1.807) is 0 Å². The molecule has 17 heavy (non-hydrogen) atoms. The quantitative estimate of drug-likeness (QED) is 0.839. The van der Waals surface area contributed by atoms with Gasteiger partial charge in [-0.2, -0.15) is 0 Å². The van der Waals surface area contributed by atoms with E-state index in [-0.39, 0.29) is 0 Å². The summed E-state index contributed by atoms with van der Waals surface area (Å²) in [6.07, 6.45) is 7.54. The van der Waals surface area contributed by atoms with Gasteiger partial charge in [-0.25, -0.2) is 4.98 Å². The Bertz CT molecular complexity index is 309. The standard InChI is InChI=1S/C13H24N4/c1-3-17-9-4-5-12(6-10-17)16-11(2)13-14-7-8-15-13/h7-8,11-12,16H,3-6,9-10H2,1-2H3,(H,14,15). The van der Waals surface area contributed by atoms with Crippen LogP contribution in [0, 0.1) is 0 Å². The Morgan fingerprint density at radius 3 is 3.12 bits per heavy atom. The highest BCUT2D eigenvalue weighted by Crippen LogP contribution is 2.15. The number of aromatic amines is 1. The van der Waals surface area contributed by atoms with E-state index in [4.69, 9.17) is 0 Å². The summed E-state index contributed by atoms with van der Waals surface area (Å²) in [7, 11) is 0. The Morgan fingerprint density at radius 1 is 1.53 bits per heavy atom. The van der Waals surface area contributed by atoms with Crippen molar-refractivity contribution in [3.63, 3.8) is 0 Å². The molecule has 1 aliphatic heterocycles. The molecule has 2 rings (SSSR count). The number of imidazole rings is 1. The molecule has 2 unspecified atom stereocenters. The summed E-state index contributed by atoms with van der Waals surface area (Å²) in [5.41, 5.74) is 0. The maximum atomic E-state index is 4.31. The van der Waals surface area contributed by atoms with Gasteiger partial charge in [0.2, 0.25) is 0 Å². The number of rotatable bonds is 4. The molecule has 0 radical (unpaired) electrons. The molecule has 0 saturated carbocycles. The molecule has 96 valence electrons. The summed E-state index contributed by atoms with van der Waals surface area (Å²) in [6, 6.07) is 0.954. The van der Waals surface area contributed by atoms with Crippen molar-refractivity contribution < 1.29 is 0 Å². The first-order valence-electron chi connectivity index (χ1n) is 6.77. The Labute approximate surface area is 104 Å². The minimum Gasteiger partial charge on any atom is -0.347 e. The molecule has 0 amide bonds. The fraction of sp³-hybridized carbons (Fsp3) is 0.769. The van der Waals surface area contributed by atoms with Crippen LogP contribution in [0.15, 0.2) is 12.4 Å². The molecule has 1 aliphatic rings. The Kier molecular flexibility index (Phi) is 4.57. The van der Waals surface area contributed by atoms with E-state index in [2.05, 4.69) is 34.0 Å². The number of H-pyrrole nitrogens is 1. The maximum absolute atomic E-state index is 4.31. The fourth-order valence-corrected chi connectivity index (χ4v) is 2.59. The first-order valence-corrected chi connectivity index (χ1v) is 6.77. The van der Waals surface area contributed by atoms with Crippen LogP contribution in [0.2, 0.25) is 0 Å². The van der Waals surface area contributed by atoms with Gasteiger partial charge in [-0.05, 0) is 45.8 Å². The lowest BCUT2D eigenvalue weighted by Crippen LogP contribution is -2.33. The van der Waals surface area contributed by atoms with Crippen molar-refractivity contribution in [3.05, 3.63) is 18.2 Å². The van der Waals surface area contributed by atoms with Gasteiger partial charge in [-0.15, -0.1) is 0 Å². The van der Waals surface area contributed by atoms with Crippen molar-refractivity contribution in [3.8, 4) is 0 Å². The van der Waals surface area contributed by atoms with Crippen molar-refractivity contribution in [2.45, 2.75) is 45.2 Å². The van der Waals surface area contributed by atoms with Crippen LogP contribution in [-0.4, -0.2) is 40.5 Å². The third-order valence-electron chi connectivity index (χ3n) is 3.68. The lowest BCUT2D eigenvalue weighted by Gasteiger charge is -2.21. The molecule has 1 fully saturated rings. The Morgan fingerprint density at radius 2 is 2.41 bits per heavy atom. The number of aromatic nitrogens is 2. The molecule has 2 N–H and O–H groups in total. The third kappa shape index (κ3) is 3.54. The molecular weight excluding hydrogens is 212 g/mol. The average molecular weight is 236 g/mol. The van der Waals surface area contributed by atoms with E-state index >= 15 is 0 Å². The molecule has 2 atom stereocenters. The van der Waals surface area contributed by atoms with E-state index in [0.717, 1.165) is 5.82 Å². The highest BCUT2D eigenvalue weighted by molar-refractivity contribution is 4.94. The number of likely N-dealkylation sites (tertiary alicyclic amines) is 1. The van der Waals surface area contributed by atoms with Gasteiger partial charge in [-0.1, -0.05) is 6.92 Å². The first kappa shape index (κ1) is 12.6. The molecule has 1 aromatic heterocycles. The molecule has 2 heterocycles. The molecule has 0 aliphatic carbocycles. The molecule has 1 aromatic rings. The van der Waals surface area contributed by atoms with Crippen LogP contribution in [0.5, 0.6) is 0 Å². The van der Waals surface area contributed by atoms with E-state index in [0.29, 0.717) is 12.1 Å². The van der Waals surface area contributed by atoms with Crippen molar-refractivity contribution in [2.24, 2.45) is 0 Å². The number of hydrogen-bond acceptors (Lipinski definition) is 3. The summed E-state index contributed by atoms with van der Waals surface area (Å²) in [4.78, 5) is 10.0. The summed E-state index contributed by atoms with van der Waals surface area (Å²) >= 11 is 0. The largest absolute Gasteiger partial charge is 0.347 e. The predicted octanol–water partition coefficient (Wildman–Crippen LogP) is 1.93. The number of hydrogen-bond donors (Lipinski definition) is 2. The van der Waals surface area contributed by atoms with Crippen LogP contribution in [0.4, 0.5) is 0 Å². The highest BCUT2D eigenvalue weighted by atomic mass is 15.1. The SMILES string of the molecule is CCN1CCCC(NC(C)c2ncc[nH]2)CC1. The average Bonchev–Trinajstić information content (AvgIpc) is 2.78. The van der Waals surface area contributed by atoms with Gasteiger partial charge in [0.1, 0.15) is 5.82 Å². The fourth-order valence-electron chi connectivity index (χ4n) is 2.59. The van der Waals surface area contributed by atoms with E-state index in [9.17, 15) is 0 Å². The van der Waals surface area contributed by atoms with E-state index < -0.39 is 0 Å². The minimum atomic E-state index is 0.322.